The summed E-state index contributed by atoms with van der Waals surface area (Å²) < 4.78 is 86.4. The zero-order valence-electron chi connectivity index (χ0n) is 12.7. The third-order valence-corrected chi connectivity index (χ3v) is 4.41. The molecule has 0 aromatic carbocycles. The van der Waals surface area contributed by atoms with Gasteiger partial charge in [-0.15, -0.1) is 0 Å². The average molecular weight is 370 g/mol. The van der Waals surface area contributed by atoms with E-state index in [2.05, 4.69) is 0 Å². The summed E-state index contributed by atoms with van der Waals surface area (Å²) in [4.78, 5) is 0. The molecule has 2 aliphatic carbocycles. The summed E-state index contributed by atoms with van der Waals surface area (Å²) in [5, 5.41) is 33.3. The smallest absolute Gasteiger partial charge is 0.162 e. The lowest BCUT2D eigenvalue weighted by molar-refractivity contribution is 0.0436. The molecule has 134 valence electrons. The van der Waals surface area contributed by atoms with Gasteiger partial charge in [-0.2, -0.15) is 15.8 Å². The Bertz CT molecular complexity index is 855. The summed E-state index contributed by atoms with van der Waals surface area (Å²) in [6.45, 7) is 0. The van der Waals surface area contributed by atoms with E-state index in [-0.39, 0.29) is 6.21 Å². The van der Waals surface area contributed by atoms with Crippen molar-refractivity contribution in [2.45, 2.75) is 12.3 Å². The molecule has 0 heterocycles. The van der Waals surface area contributed by atoms with Crippen LogP contribution in [0.3, 0.4) is 0 Å². The quantitative estimate of drug-likeness (QED) is 0.453. The van der Waals surface area contributed by atoms with Gasteiger partial charge in [0.1, 0.15) is 41.8 Å². The van der Waals surface area contributed by atoms with E-state index < -0.39 is 70.5 Å². The molecule has 10 heteroatoms. The van der Waals surface area contributed by atoms with Crippen LogP contribution in [0.4, 0.5) is 26.3 Å². The zero-order valence-corrected chi connectivity index (χ0v) is 12.7. The normalized spacial score (nSPS) is 33.2. The van der Waals surface area contributed by atoms with Gasteiger partial charge in [0, 0.05) is 11.8 Å². The summed E-state index contributed by atoms with van der Waals surface area (Å²) in [5.74, 6) is -17.1. The summed E-state index contributed by atoms with van der Waals surface area (Å²) in [6, 6.07) is 3.69. The molecule has 26 heavy (non-hydrogen) atoms. The largest absolute Gasteiger partial charge is 0.307 e. The summed E-state index contributed by atoms with van der Waals surface area (Å²) in [7, 11) is 0. The number of allylic oxidation sites excluding steroid dienone is 6. The van der Waals surface area contributed by atoms with E-state index in [4.69, 9.17) is 21.2 Å². The maximum absolute atomic E-state index is 14.6. The van der Waals surface area contributed by atoms with Crippen LogP contribution in [0.5, 0.6) is 0 Å². The Kier molecular flexibility index (Phi) is 5.22. The number of alkyl halides is 2. The molecule has 0 aliphatic heterocycles. The summed E-state index contributed by atoms with van der Waals surface area (Å²) >= 11 is 0. The number of rotatable bonds is 2. The van der Waals surface area contributed by atoms with Crippen LogP contribution in [-0.2, 0) is 0 Å². The molecule has 2 aliphatic rings. The zero-order chi connectivity index (χ0) is 19.8. The minimum absolute atomic E-state index is 0.201. The highest BCUT2D eigenvalue weighted by atomic mass is 19.2. The Labute approximate surface area is 143 Å². The van der Waals surface area contributed by atoms with E-state index in [0.29, 0.717) is 0 Å². The molecular formula is C16H8F6N4. The second-order valence-corrected chi connectivity index (χ2v) is 5.60. The molecule has 0 saturated heterocycles. The van der Waals surface area contributed by atoms with Gasteiger partial charge >= 0.3 is 0 Å². The molecule has 0 radical (unpaired) electrons. The molecule has 0 bridgehead atoms. The standard InChI is InChI=1S/C16H8F6N4/c17-11-7(5(1-23)2-24)13(19)15(21)10-9(11)16(22)14(20)8(12(10)18)6(3-25)4-26/h1,6,8-12,23H/b7-5-,23-1?. The molecule has 2 rings (SSSR count). The van der Waals surface area contributed by atoms with Gasteiger partial charge in [-0.05, 0) is 0 Å². The SMILES string of the molecule is N#C/C(C=N)=C1\C(F)=C(F)C2C(F)C(C(C#N)C#N)C(F)=C(F)C2C1F. The fourth-order valence-corrected chi connectivity index (χ4v) is 3.18. The topological polar surface area (TPSA) is 95.2 Å². The Morgan fingerprint density at radius 3 is 2.00 bits per heavy atom. The van der Waals surface area contributed by atoms with Gasteiger partial charge in [0.15, 0.2) is 5.83 Å². The van der Waals surface area contributed by atoms with E-state index in [1.54, 1.807) is 0 Å². The molecule has 4 nitrogen and oxygen atoms in total. The highest BCUT2D eigenvalue weighted by Crippen LogP contribution is 2.54. The lowest BCUT2D eigenvalue weighted by Crippen LogP contribution is -2.46. The van der Waals surface area contributed by atoms with Crippen molar-refractivity contribution < 1.29 is 26.3 Å². The molecule has 0 saturated carbocycles. The summed E-state index contributed by atoms with van der Waals surface area (Å²) in [6.07, 6.45) is -5.43. The van der Waals surface area contributed by atoms with Crippen LogP contribution < -0.4 is 0 Å². The highest BCUT2D eigenvalue weighted by Gasteiger charge is 2.57. The monoisotopic (exact) mass is 370 g/mol. The Morgan fingerprint density at radius 1 is 0.962 bits per heavy atom. The average Bonchev–Trinajstić information content (AvgIpc) is 2.63. The van der Waals surface area contributed by atoms with Crippen molar-refractivity contribution in [2.75, 3.05) is 0 Å². The van der Waals surface area contributed by atoms with Gasteiger partial charge in [-0.3, -0.25) is 0 Å². The summed E-state index contributed by atoms with van der Waals surface area (Å²) in [5.41, 5.74) is -2.28. The van der Waals surface area contributed by atoms with Crippen molar-refractivity contribution >= 4 is 6.21 Å². The Balaban J connectivity index is 2.76. The van der Waals surface area contributed by atoms with Crippen LogP contribution >= 0.6 is 0 Å². The Hall–Kier alpha value is -3.06. The lowest BCUT2D eigenvalue weighted by Gasteiger charge is -2.41. The molecule has 0 aromatic rings. The first-order valence-electron chi connectivity index (χ1n) is 7.09. The fourth-order valence-electron chi connectivity index (χ4n) is 3.18. The van der Waals surface area contributed by atoms with Crippen molar-refractivity contribution in [1.29, 1.82) is 21.2 Å². The van der Waals surface area contributed by atoms with Crippen LogP contribution in [0.2, 0.25) is 0 Å². The van der Waals surface area contributed by atoms with Crippen molar-refractivity contribution in [3.8, 4) is 18.2 Å². The number of nitriles is 3. The third kappa shape index (κ3) is 2.57. The van der Waals surface area contributed by atoms with Gasteiger partial charge in [0.05, 0.1) is 35.5 Å². The number of fused-ring (bicyclic) bond motifs is 1. The first-order valence-corrected chi connectivity index (χ1v) is 7.09. The number of nitrogens with zero attached hydrogens (tertiary/aromatic N) is 3. The van der Waals surface area contributed by atoms with Crippen molar-refractivity contribution in [3.63, 3.8) is 0 Å². The second-order valence-electron chi connectivity index (χ2n) is 5.60. The highest BCUT2D eigenvalue weighted by molar-refractivity contribution is 5.84. The number of hydrogen-bond donors (Lipinski definition) is 1. The lowest BCUT2D eigenvalue weighted by atomic mass is 9.66. The molecule has 1 N–H and O–H groups in total. The van der Waals surface area contributed by atoms with E-state index in [1.165, 1.54) is 18.2 Å². The molecule has 5 atom stereocenters. The molecule has 5 unspecified atom stereocenters. The molecule has 0 spiro atoms. The van der Waals surface area contributed by atoms with Crippen LogP contribution in [0.15, 0.2) is 34.5 Å². The van der Waals surface area contributed by atoms with Gasteiger partial charge < -0.3 is 5.41 Å². The van der Waals surface area contributed by atoms with Gasteiger partial charge in [0.25, 0.3) is 0 Å². The van der Waals surface area contributed by atoms with Gasteiger partial charge in [-0.1, -0.05) is 0 Å². The van der Waals surface area contributed by atoms with E-state index in [0.717, 1.165) is 0 Å². The maximum Gasteiger partial charge on any atom is 0.162 e. The predicted octanol–water partition coefficient (Wildman–Crippen LogP) is 3.97. The second kappa shape index (κ2) is 7.05. The van der Waals surface area contributed by atoms with Crippen LogP contribution in [0.25, 0.3) is 0 Å². The number of hydrogen-bond acceptors (Lipinski definition) is 4. The number of halogens is 6. The number of nitrogens with one attached hydrogen (secondary N) is 1. The van der Waals surface area contributed by atoms with Crippen molar-refractivity contribution in [2.24, 2.45) is 23.7 Å². The Morgan fingerprint density at radius 2 is 1.54 bits per heavy atom. The first-order chi connectivity index (χ1) is 12.3. The molecule has 0 aromatic heterocycles. The third-order valence-electron chi connectivity index (χ3n) is 4.41. The maximum atomic E-state index is 14.6. The van der Waals surface area contributed by atoms with E-state index in [9.17, 15) is 26.3 Å². The van der Waals surface area contributed by atoms with Gasteiger partial charge in [-0.25, -0.2) is 26.3 Å². The minimum Gasteiger partial charge on any atom is -0.307 e. The minimum atomic E-state index is -2.84. The van der Waals surface area contributed by atoms with Crippen LogP contribution in [-0.4, -0.2) is 18.6 Å². The van der Waals surface area contributed by atoms with E-state index >= 15 is 0 Å². The van der Waals surface area contributed by atoms with E-state index in [1.807, 2.05) is 0 Å². The molecular weight excluding hydrogens is 362 g/mol. The van der Waals surface area contributed by atoms with Crippen LogP contribution in [0.1, 0.15) is 0 Å². The van der Waals surface area contributed by atoms with Crippen LogP contribution in [0, 0.1) is 63.1 Å². The van der Waals surface area contributed by atoms with Crippen molar-refractivity contribution in [3.05, 3.63) is 34.5 Å². The van der Waals surface area contributed by atoms with Gasteiger partial charge in [0.2, 0.25) is 0 Å². The molecule has 0 fully saturated rings. The fraction of sp³-hybridized carbons (Fsp3) is 0.375. The predicted molar refractivity (Wildman–Crippen MR) is 74.9 cm³/mol. The first kappa shape index (κ1) is 19.3. The van der Waals surface area contributed by atoms with Crippen molar-refractivity contribution in [1.82, 2.24) is 0 Å². The molecule has 0 amide bonds.